The van der Waals surface area contributed by atoms with Gasteiger partial charge >= 0.3 is 0 Å². The van der Waals surface area contributed by atoms with Crippen molar-refractivity contribution in [1.29, 1.82) is 0 Å². The third-order valence-corrected chi connectivity index (χ3v) is 3.57. The summed E-state index contributed by atoms with van der Waals surface area (Å²) in [5.41, 5.74) is 7.46. The second-order valence-corrected chi connectivity index (χ2v) is 5.06. The molecule has 0 amide bonds. The van der Waals surface area contributed by atoms with Crippen LogP contribution in [-0.2, 0) is 0 Å². The fourth-order valence-corrected chi connectivity index (χ4v) is 2.28. The predicted molar refractivity (Wildman–Crippen MR) is 71.1 cm³/mol. The third-order valence-electron chi connectivity index (χ3n) is 3.57. The molecule has 1 unspecified atom stereocenters. The molecule has 1 atom stereocenters. The smallest absolute Gasteiger partial charge is 0.119 e. The number of ether oxygens (including phenoxy) is 1. The van der Waals surface area contributed by atoms with Gasteiger partial charge in [0.2, 0.25) is 0 Å². The molecule has 1 aromatic rings. The van der Waals surface area contributed by atoms with E-state index in [0.717, 1.165) is 31.1 Å². The summed E-state index contributed by atoms with van der Waals surface area (Å²) in [4.78, 5) is 0. The third kappa shape index (κ3) is 3.47. The van der Waals surface area contributed by atoms with Crippen LogP contribution in [0.2, 0.25) is 0 Å². The van der Waals surface area contributed by atoms with Gasteiger partial charge in [-0.1, -0.05) is 38.3 Å². The first-order valence-corrected chi connectivity index (χ1v) is 6.78. The zero-order valence-corrected chi connectivity index (χ0v) is 10.7. The first kappa shape index (κ1) is 12.4. The number of nitrogens with two attached hydrogens (primary N) is 1. The monoisotopic (exact) mass is 233 g/mol. The summed E-state index contributed by atoms with van der Waals surface area (Å²) >= 11 is 0. The van der Waals surface area contributed by atoms with Crippen molar-refractivity contribution in [3.05, 3.63) is 29.8 Å². The summed E-state index contributed by atoms with van der Waals surface area (Å²) in [5.74, 6) is 1.80. The van der Waals surface area contributed by atoms with Crippen molar-refractivity contribution in [2.45, 2.75) is 45.1 Å². The molecule has 0 heterocycles. The molecule has 2 heteroatoms. The molecule has 1 aromatic carbocycles. The van der Waals surface area contributed by atoms with Crippen molar-refractivity contribution in [3.63, 3.8) is 0 Å². The Kier molecular flexibility index (Phi) is 4.43. The Balaban J connectivity index is 1.93. The van der Waals surface area contributed by atoms with Gasteiger partial charge in [-0.2, -0.15) is 0 Å². The molecular formula is C15H23NO. The van der Waals surface area contributed by atoms with Crippen LogP contribution >= 0.6 is 0 Å². The van der Waals surface area contributed by atoms with Gasteiger partial charge in [0.25, 0.3) is 0 Å². The average Bonchev–Trinajstić information content (AvgIpc) is 2.31. The maximum Gasteiger partial charge on any atom is 0.119 e. The van der Waals surface area contributed by atoms with E-state index in [1.54, 1.807) is 0 Å². The molecule has 0 bridgehead atoms. The second-order valence-electron chi connectivity index (χ2n) is 5.06. The van der Waals surface area contributed by atoms with E-state index in [1.165, 1.54) is 24.8 Å². The highest BCUT2D eigenvalue weighted by atomic mass is 16.5. The van der Waals surface area contributed by atoms with Crippen molar-refractivity contribution in [3.8, 4) is 5.75 Å². The molecule has 2 rings (SSSR count). The van der Waals surface area contributed by atoms with Crippen LogP contribution in [0.25, 0.3) is 0 Å². The summed E-state index contributed by atoms with van der Waals surface area (Å²) in [6, 6.07) is 8.43. The number of hydrogen-bond acceptors (Lipinski definition) is 2. The van der Waals surface area contributed by atoms with Gasteiger partial charge < -0.3 is 10.5 Å². The lowest BCUT2D eigenvalue weighted by atomic mass is 9.80. The first-order chi connectivity index (χ1) is 8.29. The van der Waals surface area contributed by atoms with Crippen LogP contribution in [-0.4, -0.2) is 6.61 Å². The van der Waals surface area contributed by atoms with Gasteiger partial charge in [0, 0.05) is 6.04 Å². The Morgan fingerprint density at radius 1 is 1.41 bits per heavy atom. The van der Waals surface area contributed by atoms with Crippen molar-refractivity contribution in [1.82, 2.24) is 0 Å². The quantitative estimate of drug-likeness (QED) is 0.813. The highest BCUT2D eigenvalue weighted by Gasteiger charge is 2.21. The molecule has 2 N–H and O–H groups in total. The molecule has 0 saturated heterocycles. The highest BCUT2D eigenvalue weighted by Crippen LogP contribution is 2.34. The summed E-state index contributed by atoms with van der Waals surface area (Å²) in [6.45, 7) is 2.90. The van der Waals surface area contributed by atoms with E-state index in [2.05, 4.69) is 19.1 Å². The van der Waals surface area contributed by atoms with E-state index in [9.17, 15) is 0 Å². The standard InChI is InChI=1S/C15H23NO/c1-2-9-17-14-8-4-7-13(11-14)15(16)10-12-5-3-6-12/h4,7-8,11-12,15H,2-3,5-6,9-10,16H2,1H3. The molecule has 0 spiro atoms. The zero-order valence-electron chi connectivity index (χ0n) is 10.7. The van der Waals surface area contributed by atoms with Gasteiger partial charge in [0.1, 0.15) is 5.75 Å². The van der Waals surface area contributed by atoms with Crippen LogP contribution in [0.3, 0.4) is 0 Å². The average molecular weight is 233 g/mol. The molecule has 0 radical (unpaired) electrons. The van der Waals surface area contributed by atoms with Gasteiger partial charge in [-0.25, -0.2) is 0 Å². The van der Waals surface area contributed by atoms with Gasteiger partial charge in [0.05, 0.1) is 6.61 Å². The SMILES string of the molecule is CCCOc1cccc(C(N)CC2CCC2)c1. The van der Waals surface area contributed by atoms with Crippen molar-refractivity contribution in [2.75, 3.05) is 6.61 Å². The van der Waals surface area contributed by atoms with E-state index in [4.69, 9.17) is 10.5 Å². The van der Waals surface area contributed by atoms with Crippen molar-refractivity contribution >= 4 is 0 Å². The van der Waals surface area contributed by atoms with E-state index in [-0.39, 0.29) is 6.04 Å². The van der Waals surface area contributed by atoms with Crippen LogP contribution < -0.4 is 10.5 Å². The van der Waals surface area contributed by atoms with Crippen molar-refractivity contribution < 1.29 is 4.74 Å². The second kappa shape index (κ2) is 6.06. The molecular weight excluding hydrogens is 210 g/mol. The van der Waals surface area contributed by atoms with Crippen LogP contribution in [0.1, 0.15) is 50.6 Å². The minimum absolute atomic E-state index is 0.172. The van der Waals surface area contributed by atoms with E-state index < -0.39 is 0 Å². The number of benzene rings is 1. The van der Waals surface area contributed by atoms with Crippen LogP contribution in [0.15, 0.2) is 24.3 Å². The lowest BCUT2D eigenvalue weighted by molar-refractivity contribution is 0.276. The molecule has 17 heavy (non-hydrogen) atoms. The van der Waals surface area contributed by atoms with Gasteiger partial charge in [-0.15, -0.1) is 0 Å². The van der Waals surface area contributed by atoms with E-state index >= 15 is 0 Å². The lowest BCUT2D eigenvalue weighted by Crippen LogP contribution is -2.20. The van der Waals surface area contributed by atoms with Crippen LogP contribution in [0.4, 0.5) is 0 Å². The Hall–Kier alpha value is -1.02. The van der Waals surface area contributed by atoms with Crippen LogP contribution in [0.5, 0.6) is 5.75 Å². The molecule has 1 fully saturated rings. The Morgan fingerprint density at radius 2 is 2.24 bits per heavy atom. The topological polar surface area (TPSA) is 35.2 Å². The van der Waals surface area contributed by atoms with Crippen molar-refractivity contribution in [2.24, 2.45) is 11.7 Å². The maximum absolute atomic E-state index is 6.25. The normalized spacial score (nSPS) is 17.5. The molecule has 2 nitrogen and oxygen atoms in total. The summed E-state index contributed by atoms with van der Waals surface area (Å²) in [7, 11) is 0. The highest BCUT2D eigenvalue weighted by molar-refractivity contribution is 5.30. The van der Waals surface area contributed by atoms with Gasteiger partial charge in [-0.05, 0) is 36.5 Å². The fraction of sp³-hybridized carbons (Fsp3) is 0.600. The van der Waals surface area contributed by atoms with E-state index in [1.807, 2.05) is 12.1 Å². The summed E-state index contributed by atoms with van der Waals surface area (Å²) < 4.78 is 5.64. The first-order valence-electron chi connectivity index (χ1n) is 6.78. The molecule has 1 aliphatic rings. The predicted octanol–water partition coefficient (Wildman–Crippen LogP) is 3.67. The van der Waals surface area contributed by atoms with E-state index in [0.29, 0.717) is 0 Å². The van der Waals surface area contributed by atoms with Crippen LogP contribution in [0, 0.1) is 5.92 Å². The Bertz CT molecular complexity index is 347. The molecule has 1 saturated carbocycles. The largest absolute Gasteiger partial charge is 0.494 e. The lowest BCUT2D eigenvalue weighted by Gasteiger charge is -2.28. The maximum atomic E-state index is 6.25. The van der Waals surface area contributed by atoms with Gasteiger partial charge in [-0.3, -0.25) is 0 Å². The number of rotatable bonds is 6. The number of hydrogen-bond donors (Lipinski definition) is 1. The van der Waals surface area contributed by atoms with Gasteiger partial charge in [0.15, 0.2) is 0 Å². The zero-order chi connectivity index (χ0) is 12.1. The summed E-state index contributed by atoms with van der Waals surface area (Å²) in [6.07, 6.45) is 6.27. The minimum atomic E-state index is 0.172. The minimum Gasteiger partial charge on any atom is -0.494 e. The molecule has 1 aliphatic carbocycles. The fourth-order valence-electron chi connectivity index (χ4n) is 2.28. The molecule has 0 aromatic heterocycles. The Labute approximate surface area is 104 Å². The Morgan fingerprint density at radius 3 is 2.88 bits per heavy atom. The molecule has 0 aliphatic heterocycles. The summed E-state index contributed by atoms with van der Waals surface area (Å²) in [5, 5.41) is 0. The molecule has 94 valence electrons.